The van der Waals surface area contributed by atoms with Crippen LogP contribution in [-0.4, -0.2) is 39.2 Å². The average Bonchev–Trinajstić information content (AvgIpc) is 2.69. The molecule has 0 aliphatic heterocycles. The molecule has 0 aromatic heterocycles. The number of benzene rings is 2. The van der Waals surface area contributed by atoms with Crippen LogP contribution in [0.25, 0.3) is 0 Å². The minimum absolute atomic E-state index is 0.149. The zero-order valence-corrected chi connectivity index (χ0v) is 16.2. The van der Waals surface area contributed by atoms with Crippen LogP contribution in [-0.2, 0) is 9.53 Å². The van der Waals surface area contributed by atoms with Crippen molar-refractivity contribution in [2.45, 2.75) is 12.8 Å². The molecule has 0 saturated carbocycles. The van der Waals surface area contributed by atoms with Gasteiger partial charge in [-0.15, -0.1) is 0 Å². The quantitative estimate of drug-likeness (QED) is 0.698. The van der Waals surface area contributed by atoms with Crippen molar-refractivity contribution in [2.24, 2.45) is 0 Å². The van der Waals surface area contributed by atoms with Gasteiger partial charge in [0.15, 0.2) is 18.1 Å². The van der Waals surface area contributed by atoms with Crippen molar-refractivity contribution in [1.29, 1.82) is 0 Å². The van der Waals surface area contributed by atoms with Gasteiger partial charge in [0.05, 0.1) is 24.8 Å². The molecule has 0 bridgehead atoms. The molecule has 2 aromatic rings. The summed E-state index contributed by atoms with van der Waals surface area (Å²) >= 11 is 6.07. The van der Waals surface area contributed by atoms with E-state index in [1.165, 1.54) is 26.4 Å². The SMILES string of the molecule is COc1cc(C(=O)OCC(=O)NC[C@H](C)c2ccccc2)cc(Cl)c1OC. The van der Waals surface area contributed by atoms with Gasteiger partial charge in [0.1, 0.15) is 0 Å². The van der Waals surface area contributed by atoms with Crippen molar-refractivity contribution in [3.05, 3.63) is 58.6 Å². The standard InChI is InChI=1S/C20H22ClNO5/c1-13(14-7-5-4-6-8-14)11-22-18(23)12-27-20(24)15-9-16(21)19(26-3)17(10-15)25-2/h4-10,13H,11-12H2,1-3H3,(H,22,23)/t13-/m0/s1. The lowest BCUT2D eigenvalue weighted by atomic mass is 10.0. The summed E-state index contributed by atoms with van der Waals surface area (Å²) in [4.78, 5) is 24.1. The van der Waals surface area contributed by atoms with E-state index >= 15 is 0 Å². The lowest BCUT2D eigenvalue weighted by molar-refractivity contribution is -0.124. The Morgan fingerprint density at radius 1 is 1.11 bits per heavy atom. The first kappa shape index (κ1) is 20.6. The van der Waals surface area contributed by atoms with Gasteiger partial charge in [-0.3, -0.25) is 4.79 Å². The number of carbonyl (C=O) groups is 2. The maximum atomic E-state index is 12.2. The first-order valence-corrected chi connectivity index (χ1v) is 8.74. The Balaban J connectivity index is 1.88. The average molecular weight is 392 g/mol. The normalized spacial score (nSPS) is 11.4. The predicted molar refractivity (Wildman–Crippen MR) is 103 cm³/mol. The molecule has 2 aromatic carbocycles. The summed E-state index contributed by atoms with van der Waals surface area (Å²) in [6.45, 7) is 2.07. The van der Waals surface area contributed by atoms with Crippen LogP contribution in [0.5, 0.6) is 11.5 Å². The highest BCUT2D eigenvalue weighted by molar-refractivity contribution is 6.32. The third kappa shape index (κ3) is 5.62. The number of hydrogen-bond donors (Lipinski definition) is 1. The van der Waals surface area contributed by atoms with E-state index in [0.29, 0.717) is 18.0 Å². The Hall–Kier alpha value is -2.73. The Bertz CT molecular complexity index is 794. The Kier molecular flexibility index (Phi) is 7.49. The van der Waals surface area contributed by atoms with Gasteiger partial charge in [-0.1, -0.05) is 48.9 Å². The molecule has 2 rings (SSSR count). The predicted octanol–water partition coefficient (Wildman–Crippen LogP) is 3.43. The van der Waals surface area contributed by atoms with E-state index in [0.717, 1.165) is 5.56 Å². The molecule has 0 heterocycles. The Morgan fingerprint density at radius 3 is 2.44 bits per heavy atom. The zero-order chi connectivity index (χ0) is 19.8. The van der Waals surface area contributed by atoms with Gasteiger partial charge in [0.2, 0.25) is 0 Å². The topological polar surface area (TPSA) is 73.9 Å². The van der Waals surface area contributed by atoms with Crippen molar-refractivity contribution in [3.8, 4) is 11.5 Å². The molecule has 0 fully saturated rings. The molecule has 1 atom stereocenters. The van der Waals surface area contributed by atoms with E-state index in [4.69, 9.17) is 25.8 Å². The second-order valence-corrected chi connectivity index (χ2v) is 6.29. The largest absolute Gasteiger partial charge is 0.493 e. The van der Waals surface area contributed by atoms with Crippen LogP contribution in [0.2, 0.25) is 5.02 Å². The number of halogens is 1. The fourth-order valence-electron chi connectivity index (χ4n) is 2.47. The van der Waals surface area contributed by atoms with Crippen molar-refractivity contribution in [2.75, 3.05) is 27.4 Å². The van der Waals surface area contributed by atoms with E-state index < -0.39 is 5.97 Å². The van der Waals surface area contributed by atoms with Gasteiger partial charge < -0.3 is 19.5 Å². The maximum absolute atomic E-state index is 12.2. The number of methoxy groups -OCH3 is 2. The monoisotopic (exact) mass is 391 g/mol. The second kappa shape index (κ2) is 9.83. The first-order chi connectivity index (χ1) is 13.0. The molecule has 27 heavy (non-hydrogen) atoms. The molecule has 0 aliphatic carbocycles. The Labute approximate surface area is 163 Å². The number of esters is 1. The van der Waals surface area contributed by atoms with E-state index in [2.05, 4.69) is 5.32 Å². The minimum atomic E-state index is -0.677. The van der Waals surface area contributed by atoms with Crippen molar-refractivity contribution in [3.63, 3.8) is 0 Å². The van der Waals surface area contributed by atoms with Crippen molar-refractivity contribution >= 4 is 23.5 Å². The fraction of sp³-hybridized carbons (Fsp3) is 0.300. The fourth-order valence-corrected chi connectivity index (χ4v) is 2.76. The second-order valence-electron chi connectivity index (χ2n) is 5.89. The van der Waals surface area contributed by atoms with Crippen molar-refractivity contribution in [1.82, 2.24) is 5.32 Å². The highest BCUT2D eigenvalue weighted by atomic mass is 35.5. The minimum Gasteiger partial charge on any atom is -0.493 e. The molecular weight excluding hydrogens is 370 g/mol. The van der Waals surface area contributed by atoms with Gasteiger partial charge in [-0.25, -0.2) is 4.79 Å². The molecule has 7 heteroatoms. The van der Waals surface area contributed by atoms with Crippen LogP contribution >= 0.6 is 11.6 Å². The van der Waals surface area contributed by atoms with Crippen LogP contribution < -0.4 is 14.8 Å². The molecule has 1 N–H and O–H groups in total. The van der Waals surface area contributed by atoms with E-state index in [1.807, 2.05) is 37.3 Å². The number of ether oxygens (including phenoxy) is 3. The highest BCUT2D eigenvalue weighted by Gasteiger charge is 2.17. The van der Waals surface area contributed by atoms with E-state index in [9.17, 15) is 9.59 Å². The van der Waals surface area contributed by atoms with Crippen molar-refractivity contribution < 1.29 is 23.8 Å². The zero-order valence-electron chi connectivity index (χ0n) is 15.5. The summed E-state index contributed by atoms with van der Waals surface area (Å²) < 4.78 is 15.3. The van der Waals surface area contributed by atoms with E-state index in [-0.39, 0.29) is 29.0 Å². The van der Waals surface area contributed by atoms with Gasteiger partial charge in [-0.2, -0.15) is 0 Å². The summed E-state index contributed by atoms with van der Waals surface area (Å²) in [5.41, 5.74) is 1.29. The lowest BCUT2D eigenvalue weighted by Crippen LogP contribution is -2.31. The summed E-state index contributed by atoms with van der Waals surface area (Å²) in [5.74, 6) is -0.279. The molecule has 1 amide bonds. The summed E-state index contributed by atoms with van der Waals surface area (Å²) in [6.07, 6.45) is 0. The van der Waals surface area contributed by atoms with Crippen LogP contribution in [0.15, 0.2) is 42.5 Å². The number of nitrogens with one attached hydrogen (secondary N) is 1. The summed E-state index contributed by atoms with van der Waals surface area (Å²) in [7, 11) is 2.88. The number of amides is 1. The van der Waals surface area contributed by atoms with Gasteiger partial charge >= 0.3 is 5.97 Å². The summed E-state index contributed by atoms with van der Waals surface area (Å²) in [5, 5.41) is 2.97. The third-order valence-corrected chi connectivity index (χ3v) is 4.26. The number of carbonyl (C=O) groups excluding carboxylic acids is 2. The van der Waals surface area contributed by atoms with Crippen LogP contribution in [0.4, 0.5) is 0 Å². The molecule has 0 aliphatic rings. The Morgan fingerprint density at radius 2 is 1.81 bits per heavy atom. The maximum Gasteiger partial charge on any atom is 0.338 e. The number of hydrogen-bond acceptors (Lipinski definition) is 5. The molecular formula is C20H22ClNO5. The smallest absolute Gasteiger partial charge is 0.338 e. The first-order valence-electron chi connectivity index (χ1n) is 8.36. The van der Waals surface area contributed by atoms with Crippen LogP contribution in [0.1, 0.15) is 28.8 Å². The van der Waals surface area contributed by atoms with Crippen LogP contribution in [0.3, 0.4) is 0 Å². The summed E-state index contributed by atoms with van der Waals surface area (Å²) in [6, 6.07) is 12.7. The van der Waals surface area contributed by atoms with Crippen LogP contribution in [0, 0.1) is 0 Å². The lowest BCUT2D eigenvalue weighted by Gasteiger charge is -2.14. The third-order valence-electron chi connectivity index (χ3n) is 3.98. The molecule has 0 saturated heterocycles. The van der Waals surface area contributed by atoms with Gasteiger partial charge in [0, 0.05) is 6.54 Å². The van der Waals surface area contributed by atoms with Gasteiger partial charge in [0.25, 0.3) is 5.91 Å². The molecule has 144 valence electrons. The van der Waals surface area contributed by atoms with Gasteiger partial charge in [-0.05, 0) is 23.6 Å². The molecule has 0 spiro atoms. The van der Waals surface area contributed by atoms with E-state index in [1.54, 1.807) is 0 Å². The molecule has 6 nitrogen and oxygen atoms in total. The highest BCUT2D eigenvalue weighted by Crippen LogP contribution is 2.36. The molecule has 0 radical (unpaired) electrons. The molecule has 0 unspecified atom stereocenters. The number of rotatable bonds is 8.